The van der Waals surface area contributed by atoms with E-state index in [0.717, 1.165) is 23.2 Å². The Morgan fingerprint density at radius 2 is 2.12 bits per heavy atom. The normalized spacial score (nSPS) is 16.5. The number of imidazole rings is 1. The van der Waals surface area contributed by atoms with Gasteiger partial charge in [0.25, 0.3) is 0 Å². The molecule has 5 rings (SSSR count). The monoisotopic (exact) mass is 352 g/mol. The summed E-state index contributed by atoms with van der Waals surface area (Å²) in [5.74, 6) is 3.30. The number of H-pyrrole nitrogens is 1. The second kappa shape index (κ2) is 5.67. The molecule has 2 N–H and O–H groups in total. The number of nitrogens with one attached hydrogen (secondary N) is 2. The smallest absolute Gasteiger partial charge is 0.153 e. The topological polar surface area (TPSA) is 61.8 Å². The van der Waals surface area contributed by atoms with Gasteiger partial charge in [-0.3, -0.25) is 9.67 Å². The van der Waals surface area contributed by atoms with E-state index in [0.29, 0.717) is 17.5 Å². The third kappa shape index (κ3) is 2.68. The van der Waals surface area contributed by atoms with E-state index in [2.05, 4.69) is 31.5 Å². The molecule has 3 aromatic rings. The van der Waals surface area contributed by atoms with Crippen LogP contribution in [0.5, 0.6) is 0 Å². The van der Waals surface area contributed by atoms with Gasteiger partial charge in [-0.2, -0.15) is 5.10 Å². The first-order chi connectivity index (χ1) is 12.3. The van der Waals surface area contributed by atoms with Crippen molar-refractivity contribution in [3.63, 3.8) is 0 Å². The Bertz CT molecular complexity index is 952. The molecule has 1 saturated carbocycles. The first-order valence-corrected chi connectivity index (χ1v) is 8.73. The number of aromatic nitrogens is 4. The van der Waals surface area contributed by atoms with Crippen molar-refractivity contribution in [1.29, 1.82) is 0 Å². The largest absolute Gasteiger partial charge is 0.336 e. The minimum Gasteiger partial charge on any atom is -0.336 e. The van der Waals surface area contributed by atoms with Crippen molar-refractivity contribution >= 4 is 28.9 Å². The Balaban J connectivity index is 1.49. The Morgan fingerprint density at radius 3 is 2.96 bits per heavy atom. The molecule has 2 aromatic heterocycles. The van der Waals surface area contributed by atoms with Gasteiger partial charge >= 0.3 is 0 Å². The standard InChI is InChI=1S/C18H17ClN6/c19-13-3-1-2-4-15(13)24-10-17-20-7-8-25(17)18(11-24)21-16-9-14(22-23-16)12-5-6-12/h1-4,7-9,11-12H,5-6,10H2,(H2,21,22,23). The summed E-state index contributed by atoms with van der Waals surface area (Å²) in [7, 11) is 0. The third-order valence-electron chi connectivity index (χ3n) is 4.60. The van der Waals surface area contributed by atoms with Crippen LogP contribution in [-0.2, 0) is 6.54 Å². The molecular formula is C18H17ClN6. The van der Waals surface area contributed by atoms with E-state index in [1.54, 1.807) is 6.20 Å². The molecule has 0 unspecified atom stereocenters. The summed E-state index contributed by atoms with van der Waals surface area (Å²) in [6.07, 6.45) is 8.29. The van der Waals surface area contributed by atoms with E-state index in [4.69, 9.17) is 11.6 Å². The summed E-state index contributed by atoms with van der Waals surface area (Å²) in [5, 5.41) is 11.6. The van der Waals surface area contributed by atoms with Gasteiger partial charge in [0.2, 0.25) is 0 Å². The highest BCUT2D eigenvalue weighted by molar-refractivity contribution is 6.33. The lowest BCUT2D eigenvalue weighted by atomic mass is 10.2. The van der Waals surface area contributed by atoms with Gasteiger partial charge in [0.15, 0.2) is 5.82 Å². The highest BCUT2D eigenvalue weighted by Gasteiger charge is 2.26. The SMILES string of the molecule is Clc1ccccc1N1C=C(Nc2cc(C3CC3)[nH]n2)n2ccnc2C1. The first-order valence-electron chi connectivity index (χ1n) is 8.36. The van der Waals surface area contributed by atoms with Crippen LogP contribution in [0.3, 0.4) is 0 Å². The number of hydrogen-bond donors (Lipinski definition) is 2. The van der Waals surface area contributed by atoms with Crippen molar-refractivity contribution in [3.8, 4) is 0 Å². The second-order valence-corrected chi connectivity index (χ2v) is 6.82. The zero-order chi connectivity index (χ0) is 16.8. The van der Waals surface area contributed by atoms with Crippen LogP contribution < -0.4 is 10.2 Å². The van der Waals surface area contributed by atoms with Gasteiger partial charge in [-0.1, -0.05) is 23.7 Å². The van der Waals surface area contributed by atoms with Crippen molar-refractivity contribution < 1.29 is 0 Å². The highest BCUT2D eigenvalue weighted by Crippen LogP contribution is 2.39. The van der Waals surface area contributed by atoms with Gasteiger partial charge < -0.3 is 10.2 Å². The quantitative estimate of drug-likeness (QED) is 0.744. The van der Waals surface area contributed by atoms with Crippen LogP contribution in [-0.4, -0.2) is 19.7 Å². The molecule has 0 saturated heterocycles. The van der Waals surface area contributed by atoms with Crippen LogP contribution in [0.4, 0.5) is 11.5 Å². The van der Waals surface area contributed by atoms with E-state index >= 15 is 0 Å². The number of hydrogen-bond acceptors (Lipinski definition) is 4. The van der Waals surface area contributed by atoms with Gasteiger partial charge in [0.1, 0.15) is 11.6 Å². The molecule has 3 heterocycles. The third-order valence-corrected chi connectivity index (χ3v) is 4.92. The van der Waals surface area contributed by atoms with Gasteiger partial charge in [-0.15, -0.1) is 0 Å². The molecule has 0 radical (unpaired) electrons. The van der Waals surface area contributed by atoms with Crippen molar-refractivity contribution in [1.82, 2.24) is 19.7 Å². The molecule has 1 aliphatic carbocycles. The summed E-state index contributed by atoms with van der Waals surface area (Å²) in [4.78, 5) is 6.57. The number of rotatable bonds is 4. The predicted molar refractivity (Wildman–Crippen MR) is 98.3 cm³/mol. The summed E-state index contributed by atoms with van der Waals surface area (Å²) in [6, 6.07) is 9.91. The molecule has 2 aliphatic rings. The molecule has 0 amide bonds. The van der Waals surface area contributed by atoms with Gasteiger partial charge in [0, 0.05) is 36.3 Å². The van der Waals surface area contributed by atoms with E-state index in [9.17, 15) is 0 Å². The maximum absolute atomic E-state index is 6.38. The average molecular weight is 353 g/mol. The maximum atomic E-state index is 6.38. The fourth-order valence-electron chi connectivity index (χ4n) is 3.15. The molecule has 1 aliphatic heterocycles. The zero-order valence-electron chi connectivity index (χ0n) is 13.5. The Hall–Kier alpha value is -2.73. The minimum absolute atomic E-state index is 0.645. The van der Waals surface area contributed by atoms with E-state index in [-0.39, 0.29) is 0 Å². The lowest BCUT2D eigenvalue weighted by Gasteiger charge is -2.28. The van der Waals surface area contributed by atoms with Crippen LogP contribution in [0.15, 0.2) is 48.9 Å². The van der Waals surface area contributed by atoms with E-state index < -0.39 is 0 Å². The van der Waals surface area contributed by atoms with Gasteiger partial charge in [-0.05, 0) is 25.0 Å². The van der Waals surface area contributed by atoms with Crippen molar-refractivity contribution in [2.75, 3.05) is 10.2 Å². The molecule has 1 aromatic carbocycles. The lowest BCUT2D eigenvalue weighted by molar-refractivity contribution is 0.806. The van der Waals surface area contributed by atoms with Crippen molar-refractivity contribution in [2.45, 2.75) is 25.3 Å². The van der Waals surface area contributed by atoms with E-state index in [1.165, 1.54) is 18.5 Å². The molecule has 0 spiro atoms. The summed E-state index contributed by atoms with van der Waals surface area (Å²) in [5.41, 5.74) is 2.16. The fraction of sp³-hybridized carbons (Fsp3) is 0.222. The van der Waals surface area contributed by atoms with Crippen LogP contribution in [0, 0.1) is 0 Å². The molecule has 0 atom stereocenters. The number of halogens is 1. The van der Waals surface area contributed by atoms with Crippen LogP contribution in [0.2, 0.25) is 5.02 Å². The molecule has 1 fully saturated rings. The molecule has 126 valence electrons. The molecule has 7 heteroatoms. The van der Waals surface area contributed by atoms with Crippen molar-refractivity contribution in [3.05, 3.63) is 65.5 Å². The Morgan fingerprint density at radius 1 is 1.24 bits per heavy atom. The number of nitrogens with zero attached hydrogens (tertiary/aromatic N) is 4. The van der Waals surface area contributed by atoms with Crippen LogP contribution >= 0.6 is 11.6 Å². The Kier molecular flexibility index (Phi) is 3.31. The molecule has 6 nitrogen and oxygen atoms in total. The zero-order valence-corrected chi connectivity index (χ0v) is 14.2. The number of benzene rings is 1. The second-order valence-electron chi connectivity index (χ2n) is 6.41. The fourth-order valence-corrected chi connectivity index (χ4v) is 3.39. The lowest BCUT2D eigenvalue weighted by Crippen LogP contribution is -2.27. The summed E-state index contributed by atoms with van der Waals surface area (Å²) >= 11 is 6.38. The summed E-state index contributed by atoms with van der Waals surface area (Å²) in [6.45, 7) is 0.663. The number of aromatic amines is 1. The number of fused-ring (bicyclic) bond motifs is 1. The number of para-hydroxylation sites is 1. The minimum atomic E-state index is 0.645. The van der Waals surface area contributed by atoms with Gasteiger partial charge in [-0.25, -0.2) is 4.98 Å². The van der Waals surface area contributed by atoms with E-state index in [1.807, 2.05) is 41.2 Å². The molecule has 25 heavy (non-hydrogen) atoms. The first kappa shape index (κ1) is 14.6. The maximum Gasteiger partial charge on any atom is 0.153 e. The summed E-state index contributed by atoms with van der Waals surface area (Å²) < 4.78 is 2.04. The molecular weight excluding hydrogens is 336 g/mol. The average Bonchev–Trinajstić information content (AvgIpc) is 3.17. The van der Waals surface area contributed by atoms with Crippen LogP contribution in [0.1, 0.15) is 30.3 Å². The highest BCUT2D eigenvalue weighted by atomic mass is 35.5. The van der Waals surface area contributed by atoms with Crippen molar-refractivity contribution in [2.24, 2.45) is 0 Å². The van der Waals surface area contributed by atoms with Crippen LogP contribution in [0.25, 0.3) is 5.82 Å². The predicted octanol–water partition coefficient (Wildman–Crippen LogP) is 4.03. The number of anilines is 2. The molecule has 0 bridgehead atoms. The Labute approximate surface area is 150 Å². The van der Waals surface area contributed by atoms with Gasteiger partial charge in [0.05, 0.1) is 17.3 Å².